The molecule has 2 aromatic rings. The molecule has 1 aromatic heterocycles. The van der Waals surface area contributed by atoms with E-state index in [4.69, 9.17) is 0 Å². The van der Waals surface area contributed by atoms with Crippen LogP contribution in [0.4, 0.5) is 0 Å². The SMILES string of the molecule is Cc1ccccc1C(=O)NC1CCc2nn(C)c(=O)cc2C1. The summed E-state index contributed by atoms with van der Waals surface area (Å²) < 4.78 is 1.37. The van der Waals surface area contributed by atoms with Crippen molar-refractivity contribution in [2.24, 2.45) is 7.05 Å². The van der Waals surface area contributed by atoms with Crippen molar-refractivity contribution in [3.63, 3.8) is 0 Å². The van der Waals surface area contributed by atoms with Crippen LogP contribution in [0.3, 0.4) is 0 Å². The molecule has 1 aliphatic rings. The highest BCUT2D eigenvalue weighted by Crippen LogP contribution is 2.18. The Morgan fingerprint density at radius 3 is 2.91 bits per heavy atom. The van der Waals surface area contributed by atoms with Gasteiger partial charge in [-0.2, -0.15) is 5.10 Å². The second-order valence-corrected chi connectivity index (χ2v) is 5.81. The lowest BCUT2D eigenvalue weighted by Crippen LogP contribution is -2.40. The van der Waals surface area contributed by atoms with E-state index in [1.54, 1.807) is 13.1 Å². The van der Waals surface area contributed by atoms with Crippen molar-refractivity contribution >= 4 is 5.91 Å². The summed E-state index contributed by atoms with van der Waals surface area (Å²) in [6, 6.07) is 9.23. The summed E-state index contributed by atoms with van der Waals surface area (Å²) in [7, 11) is 1.66. The minimum atomic E-state index is -0.107. The third-order valence-electron chi connectivity index (χ3n) is 4.18. The Balaban J connectivity index is 1.75. The van der Waals surface area contributed by atoms with Crippen molar-refractivity contribution in [1.29, 1.82) is 0 Å². The van der Waals surface area contributed by atoms with Crippen LogP contribution in [0.1, 0.15) is 33.6 Å². The number of amides is 1. The summed E-state index contributed by atoms with van der Waals surface area (Å²) in [5.74, 6) is -0.0525. The van der Waals surface area contributed by atoms with Gasteiger partial charge in [0.2, 0.25) is 0 Å². The molecule has 5 heteroatoms. The first-order valence-electron chi connectivity index (χ1n) is 7.47. The molecule has 3 rings (SSSR count). The summed E-state index contributed by atoms with van der Waals surface area (Å²) >= 11 is 0. The van der Waals surface area contributed by atoms with Crippen LogP contribution >= 0.6 is 0 Å². The number of benzene rings is 1. The number of nitrogens with zero attached hydrogens (tertiary/aromatic N) is 2. The third kappa shape index (κ3) is 2.79. The molecule has 1 amide bonds. The number of carbonyl (C=O) groups is 1. The van der Waals surface area contributed by atoms with Gasteiger partial charge in [-0.3, -0.25) is 9.59 Å². The van der Waals surface area contributed by atoms with Gasteiger partial charge in [-0.25, -0.2) is 4.68 Å². The van der Waals surface area contributed by atoms with Gasteiger partial charge in [0.25, 0.3) is 11.5 Å². The van der Waals surface area contributed by atoms with Gasteiger partial charge in [0.15, 0.2) is 0 Å². The Kier molecular flexibility index (Phi) is 3.79. The predicted molar refractivity (Wildman–Crippen MR) is 83.9 cm³/mol. The van der Waals surface area contributed by atoms with Crippen molar-refractivity contribution in [2.45, 2.75) is 32.2 Å². The van der Waals surface area contributed by atoms with Crippen LogP contribution in [-0.2, 0) is 19.9 Å². The molecular weight excluding hydrogens is 278 g/mol. The maximum Gasteiger partial charge on any atom is 0.266 e. The van der Waals surface area contributed by atoms with Gasteiger partial charge in [-0.1, -0.05) is 18.2 Å². The smallest absolute Gasteiger partial charge is 0.266 e. The number of aromatic nitrogens is 2. The molecule has 1 atom stereocenters. The molecule has 114 valence electrons. The van der Waals surface area contributed by atoms with Gasteiger partial charge in [0.1, 0.15) is 0 Å². The van der Waals surface area contributed by atoms with Gasteiger partial charge in [-0.05, 0) is 43.4 Å². The van der Waals surface area contributed by atoms with Gasteiger partial charge in [0.05, 0.1) is 5.69 Å². The summed E-state index contributed by atoms with van der Waals surface area (Å²) in [5, 5.41) is 7.37. The Hall–Kier alpha value is -2.43. The first-order valence-corrected chi connectivity index (χ1v) is 7.47. The quantitative estimate of drug-likeness (QED) is 0.910. The van der Waals surface area contributed by atoms with Gasteiger partial charge in [0, 0.05) is 24.7 Å². The molecule has 1 aromatic carbocycles. The molecule has 22 heavy (non-hydrogen) atoms. The van der Waals surface area contributed by atoms with E-state index in [0.717, 1.165) is 29.7 Å². The average Bonchev–Trinajstić information content (AvgIpc) is 2.49. The summed E-state index contributed by atoms with van der Waals surface area (Å²) in [5.41, 5.74) is 3.47. The third-order valence-corrected chi connectivity index (χ3v) is 4.18. The van der Waals surface area contributed by atoms with E-state index >= 15 is 0 Å². The normalized spacial score (nSPS) is 16.9. The Morgan fingerprint density at radius 1 is 1.36 bits per heavy atom. The molecule has 1 N–H and O–H groups in total. The molecular formula is C17H19N3O2. The summed E-state index contributed by atoms with van der Waals surface area (Å²) in [6.45, 7) is 1.93. The van der Waals surface area contributed by atoms with Crippen molar-refractivity contribution < 1.29 is 4.79 Å². The Morgan fingerprint density at radius 2 is 2.14 bits per heavy atom. The molecule has 0 saturated heterocycles. The fourth-order valence-corrected chi connectivity index (χ4v) is 2.90. The summed E-state index contributed by atoms with van der Waals surface area (Å²) in [6.07, 6.45) is 2.29. The highest BCUT2D eigenvalue weighted by Gasteiger charge is 2.23. The number of rotatable bonds is 2. The highest BCUT2D eigenvalue weighted by atomic mass is 16.1. The Bertz CT molecular complexity index is 780. The van der Waals surface area contributed by atoms with Crippen molar-refractivity contribution in [3.05, 3.63) is 63.1 Å². The zero-order valence-electron chi connectivity index (χ0n) is 12.8. The van der Waals surface area contributed by atoms with Gasteiger partial charge < -0.3 is 5.32 Å². The first kappa shape index (κ1) is 14.5. The standard InChI is InChI=1S/C17H19N3O2/c1-11-5-3-4-6-14(11)17(22)18-13-7-8-15-12(9-13)10-16(21)20(2)19-15/h3-6,10,13H,7-9H2,1-2H3,(H,18,22). The zero-order valence-corrected chi connectivity index (χ0v) is 12.8. The minimum absolute atomic E-state index is 0.0495. The molecule has 0 aliphatic heterocycles. The molecule has 0 spiro atoms. The van der Waals surface area contributed by atoms with Crippen molar-refractivity contribution in [1.82, 2.24) is 15.1 Å². The molecule has 1 heterocycles. The number of fused-ring (bicyclic) bond motifs is 1. The zero-order chi connectivity index (χ0) is 15.7. The average molecular weight is 297 g/mol. The number of hydrogen-bond donors (Lipinski definition) is 1. The predicted octanol–water partition coefficient (Wildman–Crippen LogP) is 1.38. The largest absolute Gasteiger partial charge is 0.349 e. The maximum absolute atomic E-state index is 12.4. The monoisotopic (exact) mass is 297 g/mol. The fraction of sp³-hybridized carbons (Fsp3) is 0.353. The van der Waals surface area contributed by atoms with E-state index < -0.39 is 0 Å². The van der Waals surface area contributed by atoms with E-state index in [-0.39, 0.29) is 17.5 Å². The number of aryl methyl sites for hydroxylation is 3. The van der Waals surface area contributed by atoms with Crippen LogP contribution < -0.4 is 10.9 Å². The van der Waals surface area contributed by atoms with Crippen molar-refractivity contribution in [3.8, 4) is 0 Å². The molecule has 0 saturated carbocycles. The number of hydrogen-bond acceptors (Lipinski definition) is 3. The topological polar surface area (TPSA) is 64.0 Å². The highest BCUT2D eigenvalue weighted by molar-refractivity contribution is 5.95. The minimum Gasteiger partial charge on any atom is -0.349 e. The molecule has 5 nitrogen and oxygen atoms in total. The van der Waals surface area contributed by atoms with E-state index in [0.29, 0.717) is 12.0 Å². The second-order valence-electron chi connectivity index (χ2n) is 5.81. The molecule has 1 aliphatic carbocycles. The summed E-state index contributed by atoms with van der Waals surface area (Å²) in [4.78, 5) is 24.1. The lowest BCUT2D eigenvalue weighted by atomic mass is 9.92. The first-order chi connectivity index (χ1) is 10.5. The van der Waals surface area contributed by atoms with E-state index in [1.165, 1.54) is 4.68 Å². The number of carbonyl (C=O) groups excluding carboxylic acids is 1. The maximum atomic E-state index is 12.4. The lowest BCUT2D eigenvalue weighted by Gasteiger charge is -2.25. The van der Waals surface area contributed by atoms with E-state index in [9.17, 15) is 9.59 Å². The van der Waals surface area contributed by atoms with Gasteiger partial charge >= 0.3 is 0 Å². The van der Waals surface area contributed by atoms with E-state index in [2.05, 4.69) is 10.4 Å². The van der Waals surface area contributed by atoms with Crippen LogP contribution in [0.2, 0.25) is 0 Å². The lowest BCUT2D eigenvalue weighted by molar-refractivity contribution is 0.0933. The number of nitrogens with one attached hydrogen (secondary N) is 1. The van der Waals surface area contributed by atoms with Gasteiger partial charge in [-0.15, -0.1) is 0 Å². The molecule has 0 bridgehead atoms. The Labute approximate surface area is 129 Å². The van der Waals surface area contributed by atoms with E-state index in [1.807, 2.05) is 31.2 Å². The fourth-order valence-electron chi connectivity index (χ4n) is 2.90. The van der Waals surface area contributed by atoms with Crippen LogP contribution in [-0.4, -0.2) is 21.7 Å². The van der Waals surface area contributed by atoms with Crippen molar-refractivity contribution in [2.75, 3.05) is 0 Å². The van der Waals surface area contributed by atoms with Crippen LogP contribution in [0.5, 0.6) is 0 Å². The van der Waals surface area contributed by atoms with Crippen LogP contribution in [0.25, 0.3) is 0 Å². The van der Waals surface area contributed by atoms with Crippen LogP contribution in [0, 0.1) is 6.92 Å². The van der Waals surface area contributed by atoms with Crippen LogP contribution in [0.15, 0.2) is 35.1 Å². The molecule has 0 fully saturated rings. The molecule has 0 radical (unpaired) electrons. The second kappa shape index (κ2) is 5.75. The molecule has 1 unspecified atom stereocenters.